The molecule has 1 atom stereocenters. The first-order valence-electron chi connectivity index (χ1n) is 9.15. The van der Waals surface area contributed by atoms with Crippen molar-refractivity contribution < 1.29 is 9.90 Å². The summed E-state index contributed by atoms with van der Waals surface area (Å²) in [6.07, 6.45) is 0.483. The highest BCUT2D eigenvalue weighted by Gasteiger charge is 2.16. The molecule has 0 spiro atoms. The van der Waals surface area contributed by atoms with Gasteiger partial charge in [-0.05, 0) is 49.4 Å². The molecule has 29 heavy (non-hydrogen) atoms. The lowest BCUT2D eigenvalue weighted by molar-refractivity contribution is -0.107. The van der Waals surface area contributed by atoms with Gasteiger partial charge in [0.25, 0.3) is 0 Å². The predicted octanol–water partition coefficient (Wildman–Crippen LogP) is 4.93. The lowest BCUT2D eigenvalue weighted by Crippen LogP contribution is -2.21. The number of anilines is 2. The molecular formula is C23H22ClN3O2. The molecule has 1 amide bonds. The fraction of sp³-hybridized carbons (Fsp3) is 0.130. The van der Waals surface area contributed by atoms with Crippen LogP contribution in [0.1, 0.15) is 18.1 Å². The SMILES string of the molecule is CC(/N=C(/c1ccccc1)c1cc(Cl)ccc1N(C)C=O)Nc1ccc(O)cc1. The summed E-state index contributed by atoms with van der Waals surface area (Å²) in [6, 6.07) is 21.9. The molecule has 0 heterocycles. The standard InChI is InChI=1S/C23H22ClN3O2/c1-16(25-19-9-11-20(29)12-10-19)26-23(17-6-4-3-5-7-17)21-14-18(24)8-13-22(21)27(2)15-28/h3-16,25,29H,1-2H3/b26-23-. The summed E-state index contributed by atoms with van der Waals surface area (Å²) >= 11 is 6.28. The molecule has 0 radical (unpaired) electrons. The quantitative estimate of drug-likeness (QED) is 0.331. The van der Waals surface area contributed by atoms with Crippen molar-refractivity contribution in [2.24, 2.45) is 4.99 Å². The van der Waals surface area contributed by atoms with Crippen molar-refractivity contribution in [1.29, 1.82) is 0 Å². The van der Waals surface area contributed by atoms with E-state index in [0.717, 1.165) is 28.9 Å². The molecular weight excluding hydrogens is 386 g/mol. The Bertz CT molecular complexity index is 1000. The average Bonchev–Trinajstić information content (AvgIpc) is 2.73. The zero-order valence-corrected chi connectivity index (χ0v) is 17.0. The number of nitrogens with zero attached hydrogens (tertiary/aromatic N) is 2. The number of carbonyl (C=O) groups is 1. The molecule has 6 heteroatoms. The van der Waals surface area contributed by atoms with E-state index in [9.17, 15) is 9.90 Å². The van der Waals surface area contributed by atoms with Crippen LogP contribution in [0.25, 0.3) is 0 Å². The number of amides is 1. The zero-order valence-electron chi connectivity index (χ0n) is 16.2. The van der Waals surface area contributed by atoms with Crippen LogP contribution in [0.4, 0.5) is 11.4 Å². The highest BCUT2D eigenvalue weighted by molar-refractivity contribution is 6.31. The van der Waals surface area contributed by atoms with E-state index in [2.05, 4.69) is 5.32 Å². The second-order valence-corrected chi connectivity index (χ2v) is 7.03. The van der Waals surface area contributed by atoms with Crippen molar-refractivity contribution in [3.8, 4) is 5.75 Å². The van der Waals surface area contributed by atoms with E-state index in [4.69, 9.17) is 16.6 Å². The molecule has 3 rings (SSSR count). The first kappa shape index (κ1) is 20.4. The molecule has 0 aliphatic heterocycles. The van der Waals surface area contributed by atoms with Gasteiger partial charge in [-0.3, -0.25) is 9.79 Å². The highest BCUT2D eigenvalue weighted by Crippen LogP contribution is 2.27. The maximum Gasteiger partial charge on any atom is 0.213 e. The third kappa shape index (κ3) is 5.15. The number of rotatable bonds is 7. The van der Waals surface area contributed by atoms with Crippen molar-refractivity contribution in [2.75, 3.05) is 17.3 Å². The number of nitrogens with one attached hydrogen (secondary N) is 1. The number of aromatic hydroxyl groups is 1. The average molecular weight is 408 g/mol. The van der Waals surface area contributed by atoms with Crippen LogP contribution in [0.5, 0.6) is 5.75 Å². The van der Waals surface area contributed by atoms with Crippen molar-refractivity contribution in [3.05, 3.63) is 88.9 Å². The number of halogens is 1. The van der Waals surface area contributed by atoms with Crippen molar-refractivity contribution in [2.45, 2.75) is 13.1 Å². The van der Waals surface area contributed by atoms with Crippen LogP contribution >= 0.6 is 11.6 Å². The Morgan fingerprint density at radius 1 is 1.10 bits per heavy atom. The van der Waals surface area contributed by atoms with Crippen molar-refractivity contribution >= 4 is 35.1 Å². The van der Waals surface area contributed by atoms with Gasteiger partial charge in [0.2, 0.25) is 6.41 Å². The van der Waals surface area contributed by atoms with Crippen molar-refractivity contribution in [3.63, 3.8) is 0 Å². The third-order valence-electron chi connectivity index (χ3n) is 4.36. The minimum absolute atomic E-state index is 0.206. The van der Waals surface area contributed by atoms with Crippen LogP contribution in [0.2, 0.25) is 5.02 Å². The molecule has 1 unspecified atom stereocenters. The second-order valence-electron chi connectivity index (χ2n) is 6.59. The highest BCUT2D eigenvalue weighted by atomic mass is 35.5. The molecule has 0 saturated carbocycles. The van der Waals surface area contributed by atoms with Gasteiger partial charge in [-0.2, -0.15) is 0 Å². The largest absolute Gasteiger partial charge is 0.508 e. The lowest BCUT2D eigenvalue weighted by Gasteiger charge is -2.20. The number of benzene rings is 3. The van der Waals surface area contributed by atoms with E-state index in [0.29, 0.717) is 10.7 Å². The van der Waals surface area contributed by atoms with E-state index in [1.54, 1.807) is 37.4 Å². The monoisotopic (exact) mass is 407 g/mol. The van der Waals surface area contributed by atoms with Gasteiger partial charge in [-0.25, -0.2) is 0 Å². The minimum Gasteiger partial charge on any atom is -0.508 e. The molecule has 0 saturated heterocycles. The molecule has 0 aliphatic rings. The third-order valence-corrected chi connectivity index (χ3v) is 4.60. The Morgan fingerprint density at radius 3 is 2.45 bits per heavy atom. The molecule has 3 aromatic rings. The zero-order chi connectivity index (χ0) is 20.8. The number of carbonyl (C=O) groups excluding carboxylic acids is 1. The van der Waals surface area contributed by atoms with E-state index in [-0.39, 0.29) is 11.9 Å². The predicted molar refractivity (Wildman–Crippen MR) is 119 cm³/mol. The molecule has 0 aromatic heterocycles. The number of phenolic OH excluding ortho intramolecular Hbond substituents is 1. The van der Waals surface area contributed by atoms with Crippen molar-refractivity contribution in [1.82, 2.24) is 0 Å². The number of hydrogen-bond donors (Lipinski definition) is 2. The van der Waals surface area contributed by atoms with Gasteiger partial charge in [-0.15, -0.1) is 0 Å². The number of hydrogen-bond acceptors (Lipinski definition) is 4. The normalized spacial score (nSPS) is 12.3. The van der Waals surface area contributed by atoms with Crippen LogP contribution in [-0.2, 0) is 4.79 Å². The molecule has 3 aromatic carbocycles. The summed E-state index contributed by atoms with van der Waals surface area (Å²) in [5.41, 5.74) is 3.94. The van der Waals surface area contributed by atoms with Gasteiger partial charge in [0.1, 0.15) is 11.9 Å². The Kier molecular flexibility index (Phi) is 6.52. The maximum absolute atomic E-state index is 11.4. The van der Waals surface area contributed by atoms with E-state index in [1.165, 1.54) is 4.90 Å². The van der Waals surface area contributed by atoms with Gasteiger partial charge in [0.15, 0.2) is 0 Å². The lowest BCUT2D eigenvalue weighted by atomic mass is 10.00. The van der Waals surface area contributed by atoms with Crippen LogP contribution in [0.15, 0.2) is 77.8 Å². The first-order valence-corrected chi connectivity index (χ1v) is 9.52. The molecule has 0 aliphatic carbocycles. The van der Waals surface area contributed by atoms with Gasteiger partial charge in [0, 0.05) is 28.9 Å². The Balaban J connectivity index is 2.06. The summed E-state index contributed by atoms with van der Waals surface area (Å²) in [6.45, 7) is 1.93. The second kappa shape index (κ2) is 9.26. The maximum atomic E-state index is 11.4. The Hall–Kier alpha value is -3.31. The van der Waals surface area contributed by atoms with Gasteiger partial charge >= 0.3 is 0 Å². The van der Waals surface area contributed by atoms with Crippen LogP contribution in [0.3, 0.4) is 0 Å². The molecule has 0 bridgehead atoms. The Labute approximate surface area is 175 Å². The summed E-state index contributed by atoms with van der Waals surface area (Å²) in [5, 5.41) is 13.3. The van der Waals surface area contributed by atoms with Crippen LogP contribution in [-0.4, -0.2) is 30.4 Å². The van der Waals surface area contributed by atoms with E-state index < -0.39 is 0 Å². The first-order chi connectivity index (χ1) is 14.0. The number of aliphatic imine (C=N–C) groups is 1. The van der Waals surface area contributed by atoms with Gasteiger partial charge < -0.3 is 15.3 Å². The minimum atomic E-state index is -0.275. The summed E-state index contributed by atoms with van der Waals surface area (Å²) in [4.78, 5) is 17.8. The van der Waals surface area contributed by atoms with E-state index >= 15 is 0 Å². The molecule has 148 valence electrons. The molecule has 0 fully saturated rings. The molecule has 2 N–H and O–H groups in total. The smallest absolute Gasteiger partial charge is 0.213 e. The van der Waals surface area contributed by atoms with Gasteiger partial charge in [-0.1, -0.05) is 41.9 Å². The van der Waals surface area contributed by atoms with E-state index in [1.807, 2.05) is 49.4 Å². The fourth-order valence-electron chi connectivity index (χ4n) is 2.98. The summed E-state index contributed by atoms with van der Waals surface area (Å²) < 4.78 is 0. The van der Waals surface area contributed by atoms with Crippen LogP contribution < -0.4 is 10.2 Å². The number of phenols is 1. The Morgan fingerprint density at radius 2 is 1.79 bits per heavy atom. The van der Waals surface area contributed by atoms with Gasteiger partial charge in [0.05, 0.1) is 11.4 Å². The van der Waals surface area contributed by atoms with Crippen LogP contribution in [0, 0.1) is 0 Å². The molecule has 5 nitrogen and oxygen atoms in total. The fourth-order valence-corrected chi connectivity index (χ4v) is 3.15. The summed E-state index contributed by atoms with van der Waals surface area (Å²) in [7, 11) is 1.69. The topological polar surface area (TPSA) is 64.9 Å². The summed E-state index contributed by atoms with van der Waals surface area (Å²) in [5.74, 6) is 0.206.